The van der Waals surface area contributed by atoms with E-state index in [1.807, 2.05) is 0 Å². The quantitative estimate of drug-likeness (QED) is 0.573. The summed E-state index contributed by atoms with van der Waals surface area (Å²) in [5, 5.41) is -6.35. The molecule has 0 saturated carbocycles. The van der Waals surface area contributed by atoms with E-state index in [1.54, 1.807) is 0 Å². The van der Waals surface area contributed by atoms with Crippen molar-refractivity contribution in [1.29, 1.82) is 0 Å². The van der Waals surface area contributed by atoms with Gasteiger partial charge in [-0.05, 0) is 5.75 Å². The number of halogens is 13. The van der Waals surface area contributed by atoms with E-state index in [2.05, 4.69) is 0 Å². The third-order valence-electron chi connectivity index (χ3n) is 2.26. The van der Waals surface area contributed by atoms with Crippen molar-refractivity contribution < 1.29 is 57.1 Å². The topological polar surface area (TPSA) is 0 Å². The zero-order chi connectivity index (χ0) is 18.4. The average molecular weight is 380 g/mol. The fourth-order valence-corrected chi connectivity index (χ4v) is 2.00. The van der Waals surface area contributed by atoms with Gasteiger partial charge in [0.15, 0.2) is 0 Å². The minimum atomic E-state index is -7.69. The van der Waals surface area contributed by atoms with E-state index in [9.17, 15) is 57.1 Å². The van der Waals surface area contributed by atoms with Crippen LogP contribution >= 0.6 is 11.8 Å². The smallest absolute Gasteiger partial charge is 0.215 e. The summed E-state index contributed by atoms with van der Waals surface area (Å²) in [6.45, 7) is 0.570. The van der Waals surface area contributed by atoms with Crippen LogP contribution in [0.15, 0.2) is 0 Å². The molecule has 0 N–H and O–H groups in total. The van der Waals surface area contributed by atoms with E-state index < -0.39 is 52.6 Å². The molecule has 0 aliphatic heterocycles. The Bertz CT molecular complexity index is 394. The lowest BCUT2D eigenvalue weighted by Crippen LogP contribution is -2.69. The molecule has 0 aromatic carbocycles. The van der Waals surface area contributed by atoms with Crippen LogP contribution in [-0.2, 0) is 0 Å². The van der Waals surface area contributed by atoms with E-state index in [-0.39, 0.29) is 0 Å². The van der Waals surface area contributed by atoms with Crippen LogP contribution in [0.3, 0.4) is 0 Å². The number of hydrogen-bond donors (Lipinski definition) is 0. The summed E-state index contributed by atoms with van der Waals surface area (Å²) in [5.41, 5.74) is 0. The molecule has 0 fully saturated rings. The van der Waals surface area contributed by atoms with Crippen LogP contribution in [0, 0.1) is 0 Å². The van der Waals surface area contributed by atoms with Gasteiger partial charge in [-0.25, -0.2) is 4.39 Å². The number of rotatable bonds is 5. The van der Waals surface area contributed by atoms with E-state index >= 15 is 0 Å². The number of thioether (sulfide) groups is 1. The summed E-state index contributed by atoms with van der Waals surface area (Å²) in [4.78, 5) is 0. The second-order valence-corrected chi connectivity index (χ2v) is 5.18. The lowest BCUT2D eigenvalue weighted by molar-refractivity contribution is -0.419. The fraction of sp³-hybridized carbons (Fsp3) is 1.00. The molecule has 0 rings (SSSR count). The Labute approximate surface area is 118 Å². The summed E-state index contributed by atoms with van der Waals surface area (Å²) in [7, 11) is 0. The highest BCUT2D eigenvalue weighted by Crippen LogP contribution is 2.63. The summed E-state index contributed by atoms with van der Waals surface area (Å²) >= 11 is -1.58. The second kappa shape index (κ2) is 5.51. The molecule has 0 amide bonds. The van der Waals surface area contributed by atoms with Crippen LogP contribution < -0.4 is 0 Å². The highest BCUT2D eigenvalue weighted by molar-refractivity contribution is 8.00. The molecule has 0 bridgehead atoms. The second-order valence-electron chi connectivity index (χ2n) is 3.75. The third kappa shape index (κ3) is 2.82. The van der Waals surface area contributed by atoms with Crippen LogP contribution in [0.4, 0.5) is 57.1 Å². The van der Waals surface area contributed by atoms with Crippen molar-refractivity contribution in [1.82, 2.24) is 0 Å². The highest BCUT2D eigenvalue weighted by atomic mass is 32.2. The van der Waals surface area contributed by atoms with Crippen LogP contribution in [0.1, 0.15) is 6.92 Å². The largest absolute Gasteiger partial charge is 0.460 e. The SMILES string of the molecule is CCSC(F)(C(F)(F)F)C(F)(F)C(F)(F)C(F)(F)C(F)(F)F. The summed E-state index contributed by atoms with van der Waals surface area (Å²) in [6, 6.07) is 0. The van der Waals surface area contributed by atoms with Gasteiger partial charge in [-0.3, -0.25) is 0 Å². The number of alkyl halides is 13. The van der Waals surface area contributed by atoms with E-state index in [0.29, 0.717) is 6.92 Å². The van der Waals surface area contributed by atoms with Gasteiger partial charge in [0.05, 0.1) is 0 Å². The zero-order valence-electron chi connectivity index (χ0n) is 10.0. The minimum Gasteiger partial charge on any atom is -0.215 e. The van der Waals surface area contributed by atoms with Crippen molar-refractivity contribution in [2.45, 2.75) is 42.0 Å². The van der Waals surface area contributed by atoms with Crippen LogP contribution in [0.2, 0.25) is 0 Å². The zero-order valence-corrected chi connectivity index (χ0v) is 10.8. The number of hydrogen-bond acceptors (Lipinski definition) is 1. The lowest BCUT2D eigenvalue weighted by atomic mass is 9.99. The van der Waals surface area contributed by atoms with E-state index in [0.717, 1.165) is 0 Å². The maximum absolute atomic E-state index is 13.4. The predicted molar refractivity (Wildman–Crippen MR) is 48.9 cm³/mol. The first kappa shape index (κ1) is 21.4. The molecule has 0 aromatic heterocycles. The Morgan fingerprint density at radius 1 is 0.545 bits per heavy atom. The molecule has 0 heterocycles. The Balaban J connectivity index is 6.29. The molecular weight excluding hydrogens is 375 g/mol. The predicted octanol–water partition coefficient (Wildman–Crippen LogP) is 5.44. The van der Waals surface area contributed by atoms with Gasteiger partial charge in [0.1, 0.15) is 0 Å². The van der Waals surface area contributed by atoms with Gasteiger partial charge in [-0.15, -0.1) is 11.8 Å². The normalized spacial score (nSPS) is 18.3. The van der Waals surface area contributed by atoms with Crippen molar-refractivity contribution in [3.05, 3.63) is 0 Å². The maximum atomic E-state index is 13.4. The molecule has 0 aliphatic carbocycles. The van der Waals surface area contributed by atoms with Crippen molar-refractivity contribution in [2.75, 3.05) is 5.75 Å². The Morgan fingerprint density at radius 2 is 0.909 bits per heavy atom. The van der Waals surface area contributed by atoms with Crippen LogP contribution in [-0.4, -0.2) is 40.9 Å². The summed E-state index contributed by atoms with van der Waals surface area (Å²) in [5.74, 6) is -24.0. The molecule has 0 radical (unpaired) electrons. The Hall–Kier alpha value is -0.560. The van der Waals surface area contributed by atoms with Gasteiger partial charge < -0.3 is 0 Å². The summed E-state index contributed by atoms with van der Waals surface area (Å²) < 4.78 is 162. The Kier molecular flexibility index (Phi) is 5.37. The van der Waals surface area contributed by atoms with Gasteiger partial charge in [0.25, 0.3) is 0 Å². The van der Waals surface area contributed by atoms with Crippen molar-refractivity contribution in [3.63, 3.8) is 0 Å². The molecule has 22 heavy (non-hydrogen) atoms. The van der Waals surface area contributed by atoms with Gasteiger partial charge in [0.2, 0.25) is 0 Å². The first-order valence-corrected chi connectivity index (χ1v) is 5.89. The average Bonchev–Trinajstić information content (AvgIpc) is 2.25. The van der Waals surface area contributed by atoms with E-state index in [4.69, 9.17) is 0 Å². The molecule has 0 saturated heterocycles. The van der Waals surface area contributed by atoms with Gasteiger partial charge in [-0.1, -0.05) is 6.92 Å². The molecule has 1 unspecified atom stereocenters. The fourth-order valence-electron chi connectivity index (χ4n) is 1.13. The van der Waals surface area contributed by atoms with Crippen molar-refractivity contribution >= 4 is 11.8 Å². The molecule has 134 valence electrons. The Morgan fingerprint density at radius 3 is 1.14 bits per heavy atom. The highest BCUT2D eigenvalue weighted by Gasteiger charge is 2.90. The van der Waals surface area contributed by atoms with Crippen molar-refractivity contribution in [2.24, 2.45) is 0 Å². The molecule has 0 spiro atoms. The van der Waals surface area contributed by atoms with Gasteiger partial charge in [-0.2, -0.15) is 52.7 Å². The third-order valence-corrected chi connectivity index (χ3v) is 3.43. The minimum absolute atomic E-state index is 0.570. The molecule has 0 aliphatic rings. The van der Waals surface area contributed by atoms with Gasteiger partial charge >= 0.3 is 35.1 Å². The molecular formula is C8H5F13S. The van der Waals surface area contributed by atoms with E-state index in [1.165, 1.54) is 0 Å². The monoisotopic (exact) mass is 380 g/mol. The van der Waals surface area contributed by atoms with Crippen molar-refractivity contribution in [3.8, 4) is 0 Å². The first-order chi connectivity index (χ1) is 9.31. The van der Waals surface area contributed by atoms with Crippen LogP contribution in [0.5, 0.6) is 0 Å². The van der Waals surface area contributed by atoms with Crippen LogP contribution in [0.25, 0.3) is 0 Å². The molecule has 0 aromatic rings. The molecule has 1 atom stereocenters. The molecule has 0 nitrogen and oxygen atoms in total. The first-order valence-electron chi connectivity index (χ1n) is 4.91. The van der Waals surface area contributed by atoms with Gasteiger partial charge in [0, 0.05) is 0 Å². The maximum Gasteiger partial charge on any atom is 0.460 e. The lowest BCUT2D eigenvalue weighted by Gasteiger charge is -2.40. The standard InChI is InChI=1S/C8H5F13S/c1-2-22-6(15,8(19,20)21)4(11,12)3(9,10)5(13,14)7(16,17)18/h2H2,1H3. The molecule has 14 heteroatoms. The summed E-state index contributed by atoms with van der Waals surface area (Å²) in [6.07, 6.45) is -14.2.